The van der Waals surface area contributed by atoms with Crippen LogP contribution in [0.1, 0.15) is 17.3 Å². The molecule has 3 nitrogen and oxygen atoms in total. The fourth-order valence-electron chi connectivity index (χ4n) is 1.76. The fourth-order valence-corrected chi connectivity index (χ4v) is 1.76. The van der Waals surface area contributed by atoms with Crippen molar-refractivity contribution in [2.45, 2.75) is 6.17 Å². The van der Waals surface area contributed by atoms with Crippen molar-refractivity contribution in [1.82, 2.24) is 0 Å². The summed E-state index contributed by atoms with van der Waals surface area (Å²) in [5.41, 5.74) is 2.08. The predicted octanol–water partition coefficient (Wildman–Crippen LogP) is 3.60. The van der Waals surface area contributed by atoms with Crippen molar-refractivity contribution < 1.29 is 0 Å². The molecule has 0 spiro atoms. The van der Waals surface area contributed by atoms with E-state index in [4.69, 9.17) is 0 Å². The lowest BCUT2D eigenvalue weighted by molar-refractivity contribution is 0.772. The monoisotopic (exact) mass is 221 g/mol. The van der Waals surface area contributed by atoms with E-state index in [9.17, 15) is 0 Å². The summed E-state index contributed by atoms with van der Waals surface area (Å²) in [6.07, 6.45) is -0.189. The van der Waals surface area contributed by atoms with Gasteiger partial charge in [0.05, 0.1) is 0 Å². The molecule has 82 valence electrons. The van der Waals surface area contributed by atoms with Gasteiger partial charge in [-0.3, -0.25) is 0 Å². The van der Waals surface area contributed by atoms with E-state index in [-0.39, 0.29) is 6.17 Å². The highest BCUT2D eigenvalue weighted by Gasteiger charge is 2.16. The molecule has 1 unspecified atom stereocenters. The first-order valence-electron chi connectivity index (χ1n) is 5.52. The average Bonchev–Trinajstić information content (AvgIpc) is 2.90. The Bertz CT molecular complexity index is 559. The Labute approximate surface area is 99.6 Å². The van der Waals surface area contributed by atoms with Gasteiger partial charge in [0, 0.05) is 11.1 Å². The molecule has 1 aliphatic heterocycles. The molecule has 0 bridgehead atoms. The van der Waals surface area contributed by atoms with Gasteiger partial charge in [0.15, 0.2) is 12.0 Å². The second-order valence-corrected chi connectivity index (χ2v) is 3.82. The zero-order valence-corrected chi connectivity index (χ0v) is 9.19. The summed E-state index contributed by atoms with van der Waals surface area (Å²) in [5.74, 6) is 0.708. The van der Waals surface area contributed by atoms with Crippen LogP contribution in [0.15, 0.2) is 75.9 Å². The molecule has 3 heteroatoms. The molecule has 0 saturated carbocycles. The first kappa shape index (κ1) is 9.90. The molecule has 0 fully saturated rings. The largest absolute Gasteiger partial charge is 0.231 e. The summed E-state index contributed by atoms with van der Waals surface area (Å²) in [5, 5.41) is 8.32. The molecule has 1 atom stereocenters. The maximum absolute atomic E-state index is 4.51. The van der Waals surface area contributed by atoms with Gasteiger partial charge in [-0.05, 0) is 0 Å². The van der Waals surface area contributed by atoms with Gasteiger partial charge in [-0.2, -0.15) is 5.11 Å². The predicted molar refractivity (Wildman–Crippen MR) is 67.0 cm³/mol. The van der Waals surface area contributed by atoms with Crippen LogP contribution in [0, 0.1) is 0 Å². The number of hydrogen-bond donors (Lipinski definition) is 0. The molecule has 0 amide bonds. The van der Waals surface area contributed by atoms with E-state index in [2.05, 4.69) is 15.2 Å². The second kappa shape index (κ2) is 4.29. The molecule has 0 aliphatic carbocycles. The van der Waals surface area contributed by atoms with Crippen LogP contribution in [-0.2, 0) is 0 Å². The van der Waals surface area contributed by atoms with Crippen LogP contribution < -0.4 is 0 Å². The van der Waals surface area contributed by atoms with Crippen LogP contribution in [0.2, 0.25) is 0 Å². The Kier molecular flexibility index (Phi) is 2.50. The molecule has 0 radical (unpaired) electrons. The van der Waals surface area contributed by atoms with E-state index in [1.54, 1.807) is 0 Å². The zero-order valence-electron chi connectivity index (χ0n) is 9.19. The lowest BCUT2D eigenvalue weighted by atomic mass is 10.2. The van der Waals surface area contributed by atoms with Crippen molar-refractivity contribution in [3.8, 4) is 0 Å². The molecule has 0 saturated heterocycles. The Morgan fingerprint density at radius 3 is 2.12 bits per heavy atom. The Morgan fingerprint density at radius 1 is 0.765 bits per heavy atom. The van der Waals surface area contributed by atoms with Gasteiger partial charge in [-0.25, -0.2) is 4.99 Å². The van der Waals surface area contributed by atoms with E-state index in [0.29, 0.717) is 5.84 Å². The van der Waals surface area contributed by atoms with E-state index in [1.807, 2.05) is 60.7 Å². The van der Waals surface area contributed by atoms with Gasteiger partial charge in [0.25, 0.3) is 0 Å². The van der Waals surface area contributed by atoms with Crippen molar-refractivity contribution >= 4 is 5.84 Å². The summed E-state index contributed by atoms with van der Waals surface area (Å²) in [4.78, 5) is 4.51. The second-order valence-electron chi connectivity index (χ2n) is 3.82. The minimum absolute atomic E-state index is 0.189. The van der Waals surface area contributed by atoms with E-state index < -0.39 is 0 Å². The number of azo groups is 1. The average molecular weight is 221 g/mol. The summed E-state index contributed by atoms with van der Waals surface area (Å²) >= 11 is 0. The SMILES string of the molecule is c1ccc(C2=NC(c3ccccc3)N=N2)cc1. The zero-order chi connectivity index (χ0) is 11.5. The van der Waals surface area contributed by atoms with Gasteiger partial charge in [0.1, 0.15) is 0 Å². The van der Waals surface area contributed by atoms with Gasteiger partial charge in [-0.1, -0.05) is 60.7 Å². The van der Waals surface area contributed by atoms with Gasteiger partial charge in [-0.15, -0.1) is 5.11 Å². The maximum atomic E-state index is 4.51. The van der Waals surface area contributed by atoms with Crippen molar-refractivity contribution in [3.63, 3.8) is 0 Å². The number of amidine groups is 1. The standard InChI is InChI=1S/C14H11N3/c1-3-7-11(8-4-1)13-15-14(17-16-13)12-9-5-2-6-10-12/h1-10,13H. The number of hydrogen-bond acceptors (Lipinski definition) is 3. The van der Waals surface area contributed by atoms with Crippen molar-refractivity contribution in [2.75, 3.05) is 0 Å². The quantitative estimate of drug-likeness (QED) is 0.743. The van der Waals surface area contributed by atoms with Crippen LogP contribution >= 0.6 is 0 Å². The van der Waals surface area contributed by atoms with Gasteiger partial charge < -0.3 is 0 Å². The van der Waals surface area contributed by atoms with Crippen molar-refractivity contribution in [1.29, 1.82) is 0 Å². The molecule has 2 aromatic rings. The van der Waals surface area contributed by atoms with E-state index in [1.165, 1.54) is 0 Å². The highest BCUT2D eigenvalue weighted by molar-refractivity contribution is 5.99. The number of benzene rings is 2. The first-order valence-corrected chi connectivity index (χ1v) is 5.52. The molecule has 0 aromatic heterocycles. The molecule has 17 heavy (non-hydrogen) atoms. The third-order valence-corrected chi connectivity index (χ3v) is 2.64. The smallest absolute Gasteiger partial charge is 0.188 e. The summed E-state index contributed by atoms with van der Waals surface area (Å²) < 4.78 is 0. The number of nitrogens with zero attached hydrogens (tertiary/aromatic N) is 3. The normalized spacial score (nSPS) is 18.1. The fraction of sp³-hybridized carbons (Fsp3) is 0.0714. The van der Waals surface area contributed by atoms with Crippen LogP contribution in [0.25, 0.3) is 0 Å². The van der Waals surface area contributed by atoms with E-state index >= 15 is 0 Å². The topological polar surface area (TPSA) is 37.1 Å². The van der Waals surface area contributed by atoms with Crippen LogP contribution in [0.4, 0.5) is 0 Å². The van der Waals surface area contributed by atoms with Crippen molar-refractivity contribution in [2.24, 2.45) is 15.2 Å². The third-order valence-electron chi connectivity index (χ3n) is 2.64. The molecule has 2 aromatic carbocycles. The molecule has 3 rings (SSSR count). The van der Waals surface area contributed by atoms with Crippen LogP contribution in [-0.4, -0.2) is 5.84 Å². The van der Waals surface area contributed by atoms with Crippen LogP contribution in [0.5, 0.6) is 0 Å². The van der Waals surface area contributed by atoms with Crippen LogP contribution in [0.3, 0.4) is 0 Å². The Morgan fingerprint density at radius 2 is 1.41 bits per heavy atom. The van der Waals surface area contributed by atoms with E-state index in [0.717, 1.165) is 11.1 Å². The van der Waals surface area contributed by atoms with Gasteiger partial charge in [0.2, 0.25) is 0 Å². The first-order chi connectivity index (χ1) is 8.43. The summed E-state index contributed by atoms with van der Waals surface area (Å²) in [6.45, 7) is 0. The van der Waals surface area contributed by atoms with Crippen molar-refractivity contribution in [3.05, 3.63) is 71.8 Å². The lowest BCUT2D eigenvalue weighted by Crippen LogP contribution is -1.93. The minimum Gasteiger partial charge on any atom is -0.231 e. The molecular weight excluding hydrogens is 210 g/mol. The molecule has 1 heterocycles. The summed E-state index contributed by atoms with van der Waals surface area (Å²) in [6, 6.07) is 19.9. The molecular formula is C14H11N3. The minimum atomic E-state index is -0.189. The number of rotatable bonds is 2. The highest BCUT2D eigenvalue weighted by Crippen LogP contribution is 2.25. The lowest BCUT2D eigenvalue weighted by Gasteiger charge is -2.01. The molecule has 1 aliphatic rings. The Balaban J connectivity index is 1.91. The summed E-state index contributed by atoms with van der Waals surface area (Å²) in [7, 11) is 0. The van der Waals surface area contributed by atoms with Gasteiger partial charge >= 0.3 is 0 Å². The molecule has 0 N–H and O–H groups in total. The highest BCUT2D eigenvalue weighted by atomic mass is 15.3. The number of aliphatic imine (C=N–C) groups is 1. The third kappa shape index (κ3) is 1.99. The maximum Gasteiger partial charge on any atom is 0.188 e. The Hall–Kier alpha value is -2.29.